The van der Waals surface area contributed by atoms with Gasteiger partial charge in [-0.25, -0.2) is 0 Å². The summed E-state index contributed by atoms with van der Waals surface area (Å²) in [4.78, 5) is 12.9. The first-order chi connectivity index (χ1) is 6.24. The summed E-state index contributed by atoms with van der Waals surface area (Å²) in [6, 6.07) is 0.548. The lowest BCUT2D eigenvalue weighted by Crippen LogP contribution is -2.44. The highest BCUT2D eigenvalue weighted by Gasteiger charge is 2.39. The topological polar surface area (TPSA) is 44.7 Å². The average molecular weight is 181 g/mol. The van der Waals surface area contributed by atoms with Crippen molar-refractivity contribution in [3.05, 3.63) is 0 Å². The van der Waals surface area contributed by atoms with Gasteiger partial charge in [0.2, 0.25) is 0 Å². The van der Waals surface area contributed by atoms with Crippen LogP contribution in [0.1, 0.15) is 26.7 Å². The second-order valence-corrected chi connectivity index (χ2v) is 3.97. The highest BCUT2D eigenvalue weighted by Crippen LogP contribution is 2.31. The van der Waals surface area contributed by atoms with Crippen molar-refractivity contribution in [1.29, 1.82) is 0 Å². The van der Waals surface area contributed by atoms with Gasteiger partial charge in [0.25, 0.3) is 0 Å². The van der Waals surface area contributed by atoms with E-state index in [1.54, 1.807) is 0 Å². The molecule has 1 aliphatic carbocycles. The largest absolute Gasteiger partial charge is 0.328 e. The number of nitrogens with one attached hydrogen (secondary N) is 1. The van der Waals surface area contributed by atoms with Crippen molar-refractivity contribution in [3.8, 4) is 0 Å². The van der Waals surface area contributed by atoms with Crippen LogP contribution in [-0.4, -0.2) is 29.2 Å². The smallest absolute Gasteiger partial charge is 0.173 e. The molecule has 13 heavy (non-hydrogen) atoms. The number of carbonyl (C=O) groups is 1. The molecule has 2 rings (SSSR count). The van der Waals surface area contributed by atoms with E-state index in [1.165, 1.54) is 12.8 Å². The lowest BCUT2D eigenvalue weighted by atomic mass is 10.2. The molecule has 0 spiro atoms. The number of aldehydes is 1. The standard InChI is InChI=1S/C9H15N3O/c1-6(2)9-11-10-8(5-13)12(9)7-3-4-7/h5-8,10H,3-4H2,1-2H3. The highest BCUT2D eigenvalue weighted by molar-refractivity contribution is 5.88. The van der Waals surface area contributed by atoms with Crippen molar-refractivity contribution in [3.63, 3.8) is 0 Å². The molecule has 72 valence electrons. The molecular weight excluding hydrogens is 166 g/mol. The molecule has 4 nitrogen and oxygen atoms in total. The van der Waals surface area contributed by atoms with Gasteiger partial charge in [0, 0.05) is 12.0 Å². The SMILES string of the molecule is CC(C)C1=NNC(C=O)N1C1CC1. The van der Waals surface area contributed by atoms with Crippen molar-refractivity contribution >= 4 is 12.1 Å². The number of rotatable bonds is 3. The molecule has 0 radical (unpaired) electrons. The van der Waals surface area contributed by atoms with E-state index in [2.05, 4.69) is 29.3 Å². The Bertz CT molecular complexity index is 245. The third kappa shape index (κ3) is 1.41. The summed E-state index contributed by atoms with van der Waals surface area (Å²) in [5.74, 6) is 1.41. The van der Waals surface area contributed by atoms with Gasteiger partial charge >= 0.3 is 0 Å². The van der Waals surface area contributed by atoms with E-state index >= 15 is 0 Å². The van der Waals surface area contributed by atoms with Crippen LogP contribution >= 0.6 is 0 Å². The Hall–Kier alpha value is -1.06. The van der Waals surface area contributed by atoms with E-state index in [0.29, 0.717) is 12.0 Å². The lowest BCUT2D eigenvalue weighted by Gasteiger charge is -2.24. The van der Waals surface area contributed by atoms with Gasteiger partial charge < -0.3 is 4.90 Å². The molecule has 1 atom stereocenters. The molecule has 0 aromatic carbocycles. The molecular formula is C9H15N3O. The van der Waals surface area contributed by atoms with Gasteiger partial charge in [-0.15, -0.1) is 0 Å². The molecule has 0 amide bonds. The predicted octanol–water partition coefficient (Wildman–Crippen LogP) is 0.548. The number of hydrogen-bond donors (Lipinski definition) is 1. The average Bonchev–Trinajstić information content (AvgIpc) is 2.84. The fraction of sp³-hybridized carbons (Fsp3) is 0.778. The number of carbonyl (C=O) groups excluding carboxylic acids is 1. The monoisotopic (exact) mass is 181 g/mol. The first-order valence-electron chi connectivity index (χ1n) is 4.80. The first kappa shape index (κ1) is 8.53. The van der Waals surface area contributed by atoms with Gasteiger partial charge in [-0.2, -0.15) is 5.10 Å². The van der Waals surface area contributed by atoms with Crippen molar-refractivity contribution in [2.75, 3.05) is 0 Å². The van der Waals surface area contributed by atoms with Crippen LogP contribution in [0.25, 0.3) is 0 Å². The van der Waals surface area contributed by atoms with Crippen molar-refractivity contribution in [2.45, 2.75) is 38.9 Å². The van der Waals surface area contributed by atoms with Crippen LogP contribution in [0, 0.1) is 5.92 Å². The maximum absolute atomic E-state index is 10.7. The molecule has 1 unspecified atom stereocenters. The van der Waals surface area contributed by atoms with Gasteiger partial charge in [0.1, 0.15) is 5.84 Å². The number of hydrazone groups is 1. The Labute approximate surface area is 78.0 Å². The molecule has 2 aliphatic rings. The minimum atomic E-state index is -0.218. The molecule has 0 aromatic heterocycles. The summed E-state index contributed by atoms with van der Waals surface area (Å²) < 4.78 is 0. The van der Waals surface area contributed by atoms with Crippen LogP contribution in [0.15, 0.2) is 5.10 Å². The van der Waals surface area contributed by atoms with Crippen molar-refractivity contribution in [1.82, 2.24) is 10.3 Å². The molecule has 1 heterocycles. The van der Waals surface area contributed by atoms with Crippen LogP contribution < -0.4 is 5.43 Å². The second kappa shape index (κ2) is 3.01. The quantitative estimate of drug-likeness (QED) is 0.647. The fourth-order valence-corrected chi connectivity index (χ4v) is 1.68. The third-order valence-electron chi connectivity index (χ3n) is 2.46. The Kier molecular flexibility index (Phi) is 1.98. The van der Waals surface area contributed by atoms with E-state index in [-0.39, 0.29) is 6.17 Å². The second-order valence-electron chi connectivity index (χ2n) is 3.97. The summed E-state index contributed by atoms with van der Waals surface area (Å²) in [6.45, 7) is 4.20. The zero-order chi connectivity index (χ0) is 9.42. The highest BCUT2D eigenvalue weighted by atomic mass is 16.1. The molecule has 0 aromatic rings. The molecule has 1 fully saturated rings. The lowest BCUT2D eigenvalue weighted by molar-refractivity contribution is -0.111. The van der Waals surface area contributed by atoms with E-state index in [4.69, 9.17) is 0 Å². The van der Waals surface area contributed by atoms with Crippen LogP contribution in [0.4, 0.5) is 0 Å². The van der Waals surface area contributed by atoms with Crippen LogP contribution in [0.3, 0.4) is 0 Å². The zero-order valence-electron chi connectivity index (χ0n) is 8.03. The van der Waals surface area contributed by atoms with Crippen LogP contribution in [-0.2, 0) is 4.79 Å². The molecule has 1 saturated carbocycles. The van der Waals surface area contributed by atoms with Gasteiger partial charge in [-0.05, 0) is 12.8 Å². The molecule has 1 aliphatic heterocycles. The summed E-state index contributed by atoms with van der Waals surface area (Å²) >= 11 is 0. The van der Waals surface area contributed by atoms with Crippen molar-refractivity contribution < 1.29 is 4.79 Å². The number of hydrogen-bond acceptors (Lipinski definition) is 4. The van der Waals surface area contributed by atoms with E-state index < -0.39 is 0 Å². The summed E-state index contributed by atoms with van der Waals surface area (Å²) in [5.41, 5.74) is 2.85. The van der Waals surface area contributed by atoms with Gasteiger partial charge in [0.05, 0.1) is 0 Å². The number of nitrogens with zero attached hydrogens (tertiary/aromatic N) is 2. The summed E-state index contributed by atoms with van der Waals surface area (Å²) in [7, 11) is 0. The van der Waals surface area contributed by atoms with Gasteiger partial charge in [-0.1, -0.05) is 13.8 Å². The molecule has 1 N–H and O–H groups in total. The van der Waals surface area contributed by atoms with Crippen LogP contribution in [0.5, 0.6) is 0 Å². The summed E-state index contributed by atoms with van der Waals surface area (Å²) in [6.07, 6.45) is 3.09. The first-order valence-corrected chi connectivity index (χ1v) is 4.80. The van der Waals surface area contributed by atoms with E-state index in [1.807, 2.05) is 0 Å². The molecule has 4 heteroatoms. The minimum Gasteiger partial charge on any atom is -0.328 e. The van der Waals surface area contributed by atoms with Crippen molar-refractivity contribution in [2.24, 2.45) is 11.0 Å². The van der Waals surface area contributed by atoms with E-state index in [0.717, 1.165) is 12.1 Å². The predicted molar refractivity (Wildman–Crippen MR) is 50.1 cm³/mol. The Morgan fingerprint density at radius 1 is 1.62 bits per heavy atom. The third-order valence-corrected chi connectivity index (χ3v) is 2.46. The van der Waals surface area contributed by atoms with Crippen LogP contribution in [0.2, 0.25) is 0 Å². The maximum atomic E-state index is 10.7. The molecule has 0 saturated heterocycles. The summed E-state index contributed by atoms with van der Waals surface area (Å²) in [5, 5.41) is 4.19. The Morgan fingerprint density at radius 3 is 2.77 bits per heavy atom. The fourth-order valence-electron chi connectivity index (χ4n) is 1.68. The normalized spacial score (nSPS) is 27.5. The van der Waals surface area contributed by atoms with E-state index in [9.17, 15) is 4.79 Å². The zero-order valence-corrected chi connectivity index (χ0v) is 8.03. The molecule has 0 bridgehead atoms. The maximum Gasteiger partial charge on any atom is 0.173 e. The minimum absolute atomic E-state index is 0.218. The van der Waals surface area contributed by atoms with Gasteiger partial charge in [0.15, 0.2) is 12.5 Å². The number of amidine groups is 1. The van der Waals surface area contributed by atoms with Gasteiger partial charge in [-0.3, -0.25) is 10.2 Å². The Morgan fingerprint density at radius 2 is 2.31 bits per heavy atom. The Balaban J connectivity index is 2.14.